The normalized spacial score (nSPS) is 13.8. The summed E-state index contributed by atoms with van der Waals surface area (Å²) < 4.78 is 42.0. The van der Waals surface area contributed by atoms with Crippen molar-refractivity contribution in [2.75, 3.05) is 0 Å². The van der Waals surface area contributed by atoms with Crippen LogP contribution >= 0.6 is 27.5 Å². The monoisotopic (exact) mass is 288 g/mol. The molecule has 1 nitrogen and oxygen atoms in total. The van der Waals surface area contributed by atoms with Gasteiger partial charge < -0.3 is 4.74 Å². The van der Waals surface area contributed by atoms with Crippen molar-refractivity contribution in [3.63, 3.8) is 0 Å². The summed E-state index contributed by atoms with van der Waals surface area (Å²) in [7, 11) is 0. The van der Waals surface area contributed by atoms with Crippen LogP contribution in [0.3, 0.4) is 0 Å². The average molecular weight is 289 g/mol. The summed E-state index contributed by atoms with van der Waals surface area (Å²) in [6.45, 7) is 0. The van der Waals surface area contributed by atoms with Crippen LogP contribution < -0.4 is 4.74 Å². The summed E-state index contributed by atoms with van der Waals surface area (Å²) in [6, 6.07) is 5.67. The van der Waals surface area contributed by atoms with E-state index in [1.165, 1.54) is 18.2 Å². The lowest BCUT2D eigenvalue weighted by Crippen LogP contribution is -2.32. The van der Waals surface area contributed by atoms with Crippen LogP contribution in [0.1, 0.15) is 0 Å². The molecular formula is C8H5BrClF3O. The quantitative estimate of drug-likeness (QED) is 0.766. The Bertz CT molecular complexity index is 319. The molecule has 6 heteroatoms. The molecule has 1 unspecified atom stereocenters. The van der Waals surface area contributed by atoms with Crippen LogP contribution in [-0.4, -0.2) is 11.7 Å². The largest absolute Gasteiger partial charge is 0.444 e. The van der Waals surface area contributed by atoms with E-state index in [0.29, 0.717) is 4.47 Å². The molecule has 0 amide bonds. The molecule has 0 bridgehead atoms. The highest BCUT2D eigenvalue weighted by Crippen LogP contribution is 2.29. The molecule has 0 heterocycles. The summed E-state index contributed by atoms with van der Waals surface area (Å²) in [5.41, 5.74) is -2.87. The van der Waals surface area contributed by atoms with Gasteiger partial charge in [-0.05, 0) is 18.2 Å². The number of benzene rings is 1. The molecule has 0 spiro atoms. The van der Waals surface area contributed by atoms with E-state index in [1.54, 1.807) is 6.07 Å². The predicted molar refractivity (Wildman–Crippen MR) is 50.5 cm³/mol. The van der Waals surface area contributed by atoms with Gasteiger partial charge in [0, 0.05) is 4.47 Å². The molecule has 0 N–H and O–H groups in total. The van der Waals surface area contributed by atoms with Crippen LogP contribution in [0.2, 0.25) is 0 Å². The van der Waals surface area contributed by atoms with Gasteiger partial charge in [-0.1, -0.05) is 33.6 Å². The summed E-state index contributed by atoms with van der Waals surface area (Å²) in [5.74, 6) is -0.160. The molecule has 0 aliphatic rings. The third-order valence-corrected chi connectivity index (χ3v) is 2.05. The lowest BCUT2D eigenvalue weighted by molar-refractivity contribution is -0.199. The fourth-order valence-corrected chi connectivity index (χ4v) is 1.15. The highest BCUT2D eigenvalue weighted by atomic mass is 79.9. The topological polar surface area (TPSA) is 9.23 Å². The molecule has 1 aromatic carbocycles. The summed E-state index contributed by atoms with van der Waals surface area (Å²) in [5, 5.41) is 0. The molecule has 0 aliphatic heterocycles. The zero-order valence-corrected chi connectivity index (χ0v) is 9.03. The Kier molecular flexibility index (Phi) is 3.66. The molecule has 14 heavy (non-hydrogen) atoms. The highest BCUT2D eigenvalue weighted by molar-refractivity contribution is 9.10. The SMILES string of the molecule is FC(Cl)C(F)(F)Oc1cccc(Br)c1. The van der Waals surface area contributed by atoms with Crippen molar-refractivity contribution in [1.29, 1.82) is 0 Å². The molecule has 0 saturated heterocycles. The standard InChI is InChI=1S/C8H5BrClF3O/c9-5-2-1-3-6(4-5)14-8(12,13)7(10)11/h1-4,7H. The van der Waals surface area contributed by atoms with Crippen molar-refractivity contribution in [3.8, 4) is 5.75 Å². The minimum atomic E-state index is -4.03. The first-order chi connectivity index (χ1) is 6.42. The van der Waals surface area contributed by atoms with E-state index < -0.39 is 11.7 Å². The number of rotatable bonds is 3. The number of halogens is 5. The van der Waals surface area contributed by atoms with Crippen LogP contribution in [0.5, 0.6) is 5.75 Å². The fourth-order valence-electron chi connectivity index (χ4n) is 0.732. The van der Waals surface area contributed by atoms with Gasteiger partial charge in [0.15, 0.2) is 0 Å². The van der Waals surface area contributed by atoms with Crippen molar-refractivity contribution in [1.82, 2.24) is 0 Å². The van der Waals surface area contributed by atoms with Crippen LogP contribution in [0.25, 0.3) is 0 Å². The fraction of sp³-hybridized carbons (Fsp3) is 0.250. The predicted octanol–water partition coefficient (Wildman–Crippen LogP) is 3.96. The van der Waals surface area contributed by atoms with E-state index in [4.69, 9.17) is 0 Å². The maximum atomic E-state index is 12.6. The zero-order chi connectivity index (χ0) is 10.8. The van der Waals surface area contributed by atoms with Gasteiger partial charge in [-0.3, -0.25) is 0 Å². The zero-order valence-electron chi connectivity index (χ0n) is 6.68. The van der Waals surface area contributed by atoms with Crippen LogP contribution in [-0.2, 0) is 0 Å². The maximum absolute atomic E-state index is 12.6. The minimum Gasteiger partial charge on any atom is -0.429 e. The van der Waals surface area contributed by atoms with Gasteiger partial charge in [-0.2, -0.15) is 8.78 Å². The summed E-state index contributed by atoms with van der Waals surface area (Å²) in [6.07, 6.45) is -4.03. The second kappa shape index (κ2) is 4.40. The molecule has 1 atom stereocenters. The number of hydrogen-bond donors (Lipinski definition) is 0. The third-order valence-electron chi connectivity index (χ3n) is 1.30. The Morgan fingerprint density at radius 2 is 2.07 bits per heavy atom. The first-order valence-corrected chi connectivity index (χ1v) is 4.75. The molecule has 0 fully saturated rings. The molecular weight excluding hydrogens is 284 g/mol. The Labute approximate surface area is 91.9 Å². The van der Waals surface area contributed by atoms with Gasteiger partial charge in [-0.25, -0.2) is 4.39 Å². The van der Waals surface area contributed by atoms with Crippen molar-refractivity contribution in [3.05, 3.63) is 28.7 Å². The lowest BCUT2D eigenvalue weighted by Gasteiger charge is -2.17. The summed E-state index contributed by atoms with van der Waals surface area (Å²) in [4.78, 5) is 0. The Balaban J connectivity index is 2.78. The van der Waals surface area contributed by atoms with E-state index in [9.17, 15) is 13.2 Å². The molecule has 0 saturated carbocycles. The molecule has 0 radical (unpaired) electrons. The molecule has 1 aromatic rings. The van der Waals surface area contributed by atoms with Crippen molar-refractivity contribution < 1.29 is 17.9 Å². The molecule has 78 valence electrons. The number of alkyl halides is 4. The van der Waals surface area contributed by atoms with E-state index in [1.807, 2.05) is 0 Å². The van der Waals surface area contributed by atoms with E-state index in [0.717, 1.165) is 0 Å². The molecule has 0 aromatic heterocycles. The first-order valence-electron chi connectivity index (χ1n) is 3.52. The Morgan fingerprint density at radius 3 is 2.57 bits per heavy atom. The van der Waals surface area contributed by atoms with Crippen LogP contribution in [0.15, 0.2) is 28.7 Å². The number of hydrogen-bond acceptors (Lipinski definition) is 1. The van der Waals surface area contributed by atoms with Gasteiger partial charge in [0.1, 0.15) is 5.75 Å². The minimum absolute atomic E-state index is 0.160. The lowest BCUT2D eigenvalue weighted by atomic mass is 10.3. The highest BCUT2D eigenvalue weighted by Gasteiger charge is 2.42. The second-order valence-electron chi connectivity index (χ2n) is 2.42. The van der Waals surface area contributed by atoms with E-state index in [-0.39, 0.29) is 5.75 Å². The van der Waals surface area contributed by atoms with Crippen LogP contribution in [0, 0.1) is 0 Å². The average Bonchev–Trinajstić information content (AvgIpc) is 2.02. The van der Waals surface area contributed by atoms with Gasteiger partial charge >= 0.3 is 6.11 Å². The Morgan fingerprint density at radius 1 is 1.43 bits per heavy atom. The molecule has 1 rings (SSSR count). The van der Waals surface area contributed by atoms with Gasteiger partial charge in [0.2, 0.25) is 0 Å². The molecule has 0 aliphatic carbocycles. The Hall–Kier alpha value is -0.420. The van der Waals surface area contributed by atoms with Crippen molar-refractivity contribution in [2.24, 2.45) is 0 Å². The number of ether oxygens (including phenoxy) is 1. The third kappa shape index (κ3) is 3.06. The van der Waals surface area contributed by atoms with Crippen molar-refractivity contribution in [2.45, 2.75) is 11.7 Å². The smallest absolute Gasteiger partial charge is 0.429 e. The van der Waals surface area contributed by atoms with Crippen molar-refractivity contribution >= 4 is 27.5 Å². The van der Waals surface area contributed by atoms with Gasteiger partial charge in [0.25, 0.3) is 5.63 Å². The van der Waals surface area contributed by atoms with Crippen LogP contribution in [0.4, 0.5) is 13.2 Å². The van der Waals surface area contributed by atoms with Gasteiger partial charge in [0.05, 0.1) is 0 Å². The second-order valence-corrected chi connectivity index (χ2v) is 3.72. The summed E-state index contributed by atoms with van der Waals surface area (Å²) >= 11 is 7.66. The van der Waals surface area contributed by atoms with E-state index in [2.05, 4.69) is 32.3 Å². The van der Waals surface area contributed by atoms with Gasteiger partial charge in [-0.15, -0.1) is 0 Å². The maximum Gasteiger partial charge on any atom is 0.444 e. The first kappa shape index (κ1) is 11.7. The van der Waals surface area contributed by atoms with E-state index >= 15 is 0 Å².